The molecular formula is C17H21N3O. The van der Waals surface area contributed by atoms with Crippen molar-refractivity contribution in [1.82, 2.24) is 10.3 Å². The lowest BCUT2D eigenvalue weighted by Gasteiger charge is -2.20. The third-order valence-electron chi connectivity index (χ3n) is 2.79. The van der Waals surface area contributed by atoms with Crippen LogP contribution in [0.1, 0.15) is 36.8 Å². The number of benzene rings is 1. The second-order valence-electron chi connectivity index (χ2n) is 6.13. The molecule has 4 nitrogen and oxygen atoms in total. The summed E-state index contributed by atoms with van der Waals surface area (Å²) in [5.74, 6) is -0.171. The number of carbonyl (C=O) groups is 1. The number of hydrogen-bond acceptors (Lipinski definition) is 3. The van der Waals surface area contributed by atoms with Gasteiger partial charge in [0, 0.05) is 23.1 Å². The summed E-state index contributed by atoms with van der Waals surface area (Å²) in [6.07, 6.45) is 1.63. The molecule has 1 heterocycles. The van der Waals surface area contributed by atoms with Crippen molar-refractivity contribution in [2.45, 2.75) is 33.2 Å². The topological polar surface area (TPSA) is 54.0 Å². The molecule has 2 aromatic rings. The minimum absolute atomic E-state index is 0.171. The molecule has 0 aliphatic heterocycles. The number of anilines is 2. The Balaban J connectivity index is 2.16. The van der Waals surface area contributed by atoms with Crippen LogP contribution in [-0.4, -0.2) is 16.4 Å². The number of nitrogens with zero attached hydrogens (tertiary/aromatic N) is 1. The van der Waals surface area contributed by atoms with Crippen LogP contribution >= 0.6 is 0 Å². The minimum Gasteiger partial charge on any atom is -0.355 e. The summed E-state index contributed by atoms with van der Waals surface area (Å²) in [6.45, 7) is 7.87. The van der Waals surface area contributed by atoms with Gasteiger partial charge in [-0.3, -0.25) is 9.78 Å². The Morgan fingerprint density at radius 3 is 2.48 bits per heavy atom. The van der Waals surface area contributed by atoms with E-state index in [9.17, 15) is 4.79 Å². The Kier molecular flexibility index (Phi) is 4.26. The fourth-order valence-corrected chi connectivity index (χ4v) is 1.93. The van der Waals surface area contributed by atoms with E-state index in [-0.39, 0.29) is 11.4 Å². The number of amides is 1. The third kappa shape index (κ3) is 4.60. The maximum Gasteiger partial charge on any atom is 0.270 e. The van der Waals surface area contributed by atoms with E-state index in [2.05, 4.69) is 21.7 Å². The quantitative estimate of drug-likeness (QED) is 0.903. The van der Waals surface area contributed by atoms with Crippen LogP contribution in [0, 0.1) is 6.92 Å². The van der Waals surface area contributed by atoms with Crippen molar-refractivity contribution in [3.8, 4) is 0 Å². The predicted octanol–water partition coefficient (Wildman–Crippen LogP) is 3.66. The van der Waals surface area contributed by atoms with Crippen molar-refractivity contribution < 1.29 is 4.79 Å². The molecule has 2 N–H and O–H groups in total. The van der Waals surface area contributed by atoms with Gasteiger partial charge in [-0.15, -0.1) is 0 Å². The lowest BCUT2D eigenvalue weighted by atomic mass is 10.1. The van der Waals surface area contributed by atoms with E-state index in [0.29, 0.717) is 5.69 Å². The lowest BCUT2D eigenvalue weighted by Crippen LogP contribution is -2.40. The second kappa shape index (κ2) is 5.95. The number of rotatable bonds is 3. The van der Waals surface area contributed by atoms with Gasteiger partial charge in [0.25, 0.3) is 5.91 Å². The molecule has 1 amide bonds. The Bertz CT molecular complexity index is 644. The molecule has 1 aromatic heterocycles. The van der Waals surface area contributed by atoms with Crippen molar-refractivity contribution in [3.05, 3.63) is 53.9 Å². The molecule has 2 rings (SSSR count). The van der Waals surface area contributed by atoms with E-state index < -0.39 is 0 Å². The Morgan fingerprint density at radius 2 is 1.81 bits per heavy atom. The van der Waals surface area contributed by atoms with Crippen LogP contribution in [0.4, 0.5) is 11.4 Å². The molecule has 0 spiro atoms. The summed E-state index contributed by atoms with van der Waals surface area (Å²) in [4.78, 5) is 16.2. The van der Waals surface area contributed by atoms with Crippen LogP contribution in [0.25, 0.3) is 0 Å². The molecule has 0 fully saturated rings. The monoisotopic (exact) mass is 283 g/mol. The number of nitrogens with one attached hydrogen (secondary N) is 2. The molecular weight excluding hydrogens is 262 g/mol. The first kappa shape index (κ1) is 15.0. The zero-order valence-electron chi connectivity index (χ0n) is 12.9. The van der Waals surface area contributed by atoms with Gasteiger partial charge in [0.1, 0.15) is 5.69 Å². The van der Waals surface area contributed by atoms with Gasteiger partial charge in [-0.25, -0.2) is 0 Å². The summed E-state index contributed by atoms with van der Waals surface area (Å²) < 4.78 is 0. The number of aromatic nitrogens is 1. The van der Waals surface area contributed by atoms with Crippen LogP contribution in [-0.2, 0) is 0 Å². The normalized spacial score (nSPS) is 11.0. The number of hydrogen-bond donors (Lipinski definition) is 2. The number of carbonyl (C=O) groups excluding carboxylic acids is 1. The smallest absolute Gasteiger partial charge is 0.270 e. The zero-order chi connectivity index (χ0) is 15.5. The maximum atomic E-state index is 12.1. The Hall–Kier alpha value is -2.36. The molecule has 0 bridgehead atoms. The van der Waals surface area contributed by atoms with Gasteiger partial charge < -0.3 is 10.6 Å². The third-order valence-corrected chi connectivity index (χ3v) is 2.79. The van der Waals surface area contributed by atoms with Crippen LogP contribution in [0.3, 0.4) is 0 Å². The largest absolute Gasteiger partial charge is 0.355 e. The highest BCUT2D eigenvalue weighted by Gasteiger charge is 2.16. The molecule has 0 unspecified atom stereocenters. The molecule has 0 saturated heterocycles. The average molecular weight is 283 g/mol. The number of pyridine rings is 1. The van der Waals surface area contributed by atoms with E-state index in [4.69, 9.17) is 0 Å². The Labute approximate surface area is 125 Å². The summed E-state index contributed by atoms with van der Waals surface area (Å²) in [5.41, 5.74) is 3.14. The summed E-state index contributed by atoms with van der Waals surface area (Å²) >= 11 is 0. The summed E-state index contributed by atoms with van der Waals surface area (Å²) in [5, 5.41) is 6.19. The molecule has 0 aliphatic rings. The molecule has 110 valence electrons. The van der Waals surface area contributed by atoms with E-state index in [0.717, 1.165) is 11.4 Å². The fourth-order valence-electron chi connectivity index (χ4n) is 1.93. The predicted molar refractivity (Wildman–Crippen MR) is 85.9 cm³/mol. The van der Waals surface area contributed by atoms with E-state index in [1.165, 1.54) is 5.56 Å². The van der Waals surface area contributed by atoms with Gasteiger partial charge in [-0.2, -0.15) is 0 Å². The molecule has 4 heteroatoms. The van der Waals surface area contributed by atoms with Gasteiger partial charge in [0.05, 0.1) is 0 Å². The molecule has 1 aromatic carbocycles. The van der Waals surface area contributed by atoms with Crippen molar-refractivity contribution in [2.24, 2.45) is 0 Å². The lowest BCUT2D eigenvalue weighted by molar-refractivity contribution is 0.0914. The number of aryl methyl sites for hydroxylation is 1. The van der Waals surface area contributed by atoms with Crippen molar-refractivity contribution in [3.63, 3.8) is 0 Å². The van der Waals surface area contributed by atoms with E-state index >= 15 is 0 Å². The van der Waals surface area contributed by atoms with Crippen LogP contribution < -0.4 is 10.6 Å². The molecule has 21 heavy (non-hydrogen) atoms. The first-order valence-corrected chi connectivity index (χ1v) is 6.96. The Morgan fingerprint density at radius 1 is 1.10 bits per heavy atom. The van der Waals surface area contributed by atoms with Crippen molar-refractivity contribution in [1.29, 1.82) is 0 Å². The van der Waals surface area contributed by atoms with Crippen LogP contribution in [0.15, 0.2) is 42.6 Å². The summed E-state index contributed by atoms with van der Waals surface area (Å²) in [6, 6.07) is 11.7. The first-order valence-electron chi connectivity index (χ1n) is 6.96. The maximum absolute atomic E-state index is 12.1. The highest BCUT2D eigenvalue weighted by molar-refractivity contribution is 5.93. The highest BCUT2D eigenvalue weighted by Crippen LogP contribution is 2.18. The first-order chi connectivity index (χ1) is 9.83. The van der Waals surface area contributed by atoms with Gasteiger partial charge in [0.2, 0.25) is 0 Å². The second-order valence-corrected chi connectivity index (χ2v) is 6.13. The average Bonchev–Trinajstić information content (AvgIpc) is 2.37. The van der Waals surface area contributed by atoms with Gasteiger partial charge in [0.15, 0.2) is 0 Å². The van der Waals surface area contributed by atoms with Crippen molar-refractivity contribution in [2.75, 3.05) is 5.32 Å². The molecule has 0 radical (unpaired) electrons. The summed E-state index contributed by atoms with van der Waals surface area (Å²) in [7, 11) is 0. The van der Waals surface area contributed by atoms with Crippen molar-refractivity contribution >= 4 is 17.3 Å². The van der Waals surface area contributed by atoms with E-state index in [1.54, 1.807) is 12.3 Å². The van der Waals surface area contributed by atoms with Crippen LogP contribution in [0.2, 0.25) is 0 Å². The highest BCUT2D eigenvalue weighted by atomic mass is 16.2. The minimum atomic E-state index is -0.279. The molecule has 0 atom stereocenters. The van der Waals surface area contributed by atoms with Gasteiger partial charge in [-0.05, 0) is 57.5 Å². The SMILES string of the molecule is Cc1cccc(Nc2ccnc(C(=O)NC(C)(C)C)c2)c1. The van der Waals surface area contributed by atoms with Gasteiger partial charge in [-0.1, -0.05) is 12.1 Å². The fraction of sp³-hybridized carbons (Fsp3) is 0.294. The van der Waals surface area contributed by atoms with E-state index in [1.807, 2.05) is 52.0 Å². The molecule has 0 saturated carbocycles. The zero-order valence-corrected chi connectivity index (χ0v) is 12.9. The molecule has 0 aliphatic carbocycles. The van der Waals surface area contributed by atoms with Gasteiger partial charge >= 0.3 is 0 Å². The standard InChI is InChI=1S/C17H21N3O/c1-12-6-5-7-13(10-12)19-14-8-9-18-15(11-14)16(21)20-17(2,3)4/h5-11H,1-4H3,(H,18,19)(H,20,21). The van der Waals surface area contributed by atoms with Crippen LogP contribution in [0.5, 0.6) is 0 Å².